The van der Waals surface area contributed by atoms with Crippen LogP contribution in [0.5, 0.6) is 5.75 Å². The minimum Gasteiger partial charge on any atom is -0.536 e. The van der Waals surface area contributed by atoms with Crippen LogP contribution in [0.1, 0.15) is 19.3 Å². The SMILES string of the molecule is [B](Oc1ccccc1)ON1CCCCC1. The fraction of sp³-hybridized carbons (Fsp3) is 0.455. The molecule has 1 saturated heterocycles. The number of hydrogen-bond acceptors (Lipinski definition) is 3. The highest BCUT2D eigenvalue weighted by Gasteiger charge is 2.11. The van der Waals surface area contributed by atoms with Gasteiger partial charge >= 0.3 is 7.69 Å². The molecule has 1 aromatic rings. The Hall–Kier alpha value is -0.995. The molecule has 0 unspecified atom stereocenters. The zero-order valence-electron chi connectivity index (χ0n) is 8.76. The lowest BCUT2D eigenvalue weighted by Crippen LogP contribution is -2.32. The summed E-state index contributed by atoms with van der Waals surface area (Å²) < 4.78 is 10.7. The summed E-state index contributed by atoms with van der Waals surface area (Å²) in [5.74, 6) is 0.800. The van der Waals surface area contributed by atoms with E-state index in [2.05, 4.69) is 0 Å². The summed E-state index contributed by atoms with van der Waals surface area (Å²) in [7, 11) is 1.40. The van der Waals surface area contributed by atoms with Crippen LogP contribution in [0.3, 0.4) is 0 Å². The topological polar surface area (TPSA) is 21.7 Å². The quantitative estimate of drug-likeness (QED) is 0.700. The standard InChI is InChI=1S/C11H15BNO2/c1-3-7-11(8-4-1)14-12-15-13-9-5-2-6-10-13/h1,3-4,7-8H,2,5-6,9-10H2. The summed E-state index contributed by atoms with van der Waals surface area (Å²) in [6.45, 7) is 1.99. The molecule has 0 aliphatic carbocycles. The Morgan fingerprint density at radius 1 is 1.00 bits per heavy atom. The van der Waals surface area contributed by atoms with Crippen molar-refractivity contribution in [3.8, 4) is 5.75 Å². The molecule has 1 fully saturated rings. The third-order valence-corrected chi connectivity index (χ3v) is 2.43. The zero-order valence-corrected chi connectivity index (χ0v) is 8.76. The minimum absolute atomic E-state index is 0.800. The van der Waals surface area contributed by atoms with Gasteiger partial charge in [0.05, 0.1) is 0 Å². The average Bonchev–Trinajstić information content (AvgIpc) is 2.32. The van der Waals surface area contributed by atoms with Crippen LogP contribution < -0.4 is 4.65 Å². The Morgan fingerprint density at radius 3 is 2.47 bits per heavy atom. The Labute approximate surface area is 91.2 Å². The van der Waals surface area contributed by atoms with Crippen molar-refractivity contribution in [2.24, 2.45) is 0 Å². The van der Waals surface area contributed by atoms with Crippen molar-refractivity contribution in [3.05, 3.63) is 30.3 Å². The van der Waals surface area contributed by atoms with Crippen molar-refractivity contribution in [1.29, 1.82) is 0 Å². The first-order valence-electron chi connectivity index (χ1n) is 5.40. The normalized spacial score (nSPS) is 17.3. The van der Waals surface area contributed by atoms with Crippen LogP contribution in [0.15, 0.2) is 30.3 Å². The zero-order chi connectivity index (χ0) is 10.3. The Kier molecular flexibility index (Phi) is 4.05. The first-order valence-corrected chi connectivity index (χ1v) is 5.40. The highest BCUT2D eigenvalue weighted by atomic mass is 16.7. The van der Waals surface area contributed by atoms with Crippen molar-refractivity contribution in [3.63, 3.8) is 0 Å². The fourth-order valence-corrected chi connectivity index (χ4v) is 1.61. The van der Waals surface area contributed by atoms with Crippen LogP contribution >= 0.6 is 0 Å². The third kappa shape index (κ3) is 3.57. The smallest absolute Gasteiger partial charge is 0.536 e. The van der Waals surface area contributed by atoms with E-state index in [1.807, 2.05) is 35.4 Å². The van der Waals surface area contributed by atoms with E-state index in [9.17, 15) is 0 Å². The van der Waals surface area contributed by atoms with Crippen LogP contribution in [0.2, 0.25) is 0 Å². The largest absolute Gasteiger partial charge is 0.591 e. The molecule has 79 valence electrons. The molecule has 15 heavy (non-hydrogen) atoms. The molecule has 0 bridgehead atoms. The predicted octanol–water partition coefficient (Wildman–Crippen LogP) is 2.02. The van der Waals surface area contributed by atoms with Gasteiger partial charge in [-0.05, 0) is 25.0 Å². The van der Waals surface area contributed by atoms with E-state index in [1.165, 1.54) is 26.9 Å². The van der Waals surface area contributed by atoms with Gasteiger partial charge in [0, 0.05) is 13.1 Å². The van der Waals surface area contributed by atoms with E-state index < -0.39 is 0 Å². The maximum atomic E-state index is 5.37. The van der Waals surface area contributed by atoms with Crippen molar-refractivity contribution in [2.45, 2.75) is 19.3 Å². The summed E-state index contributed by atoms with van der Waals surface area (Å²) in [5.41, 5.74) is 0. The van der Waals surface area contributed by atoms with Crippen molar-refractivity contribution in [1.82, 2.24) is 5.06 Å². The van der Waals surface area contributed by atoms with Crippen LogP contribution in [0, 0.1) is 0 Å². The van der Waals surface area contributed by atoms with Crippen molar-refractivity contribution >= 4 is 7.69 Å². The van der Waals surface area contributed by atoms with Gasteiger partial charge in [0.25, 0.3) is 0 Å². The summed E-state index contributed by atoms with van der Waals surface area (Å²) >= 11 is 0. The number of benzene rings is 1. The molecule has 0 spiro atoms. The van der Waals surface area contributed by atoms with E-state index in [0.717, 1.165) is 18.8 Å². The molecular weight excluding hydrogens is 189 g/mol. The number of rotatable bonds is 4. The maximum Gasteiger partial charge on any atom is 0.591 e. The van der Waals surface area contributed by atoms with Gasteiger partial charge in [-0.2, -0.15) is 0 Å². The Morgan fingerprint density at radius 2 is 1.73 bits per heavy atom. The lowest BCUT2D eigenvalue weighted by Gasteiger charge is -2.25. The molecule has 1 aliphatic heterocycles. The molecule has 0 aromatic heterocycles. The molecule has 1 aromatic carbocycles. The number of hydrogen-bond donors (Lipinski definition) is 0. The average molecular weight is 204 g/mol. The van der Waals surface area contributed by atoms with Gasteiger partial charge < -0.3 is 9.41 Å². The second-order valence-electron chi connectivity index (χ2n) is 3.62. The maximum absolute atomic E-state index is 5.37. The molecule has 1 aliphatic rings. The fourth-order valence-electron chi connectivity index (χ4n) is 1.61. The molecule has 4 heteroatoms. The number of piperidine rings is 1. The van der Waals surface area contributed by atoms with Crippen LogP contribution in [-0.4, -0.2) is 25.8 Å². The first-order chi connectivity index (χ1) is 7.45. The van der Waals surface area contributed by atoms with E-state index in [-0.39, 0.29) is 0 Å². The predicted molar refractivity (Wildman–Crippen MR) is 59.3 cm³/mol. The van der Waals surface area contributed by atoms with Crippen molar-refractivity contribution < 1.29 is 9.41 Å². The highest BCUT2D eigenvalue weighted by Crippen LogP contribution is 2.10. The van der Waals surface area contributed by atoms with E-state index in [4.69, 9.17) is 9.41 Å². The number of hydroxylamine groups is 2. The number of para-hydroxylation sites is 1. The third-order valence-electron chi connectivity index (χ3n) is 2.43. The van der Waals surface area contributed by atoms with E-state index >= 15 is 0 Å². The van der Waals surface area contributed by atoms with Gasteiger partial charge in [-0.15, -0.1) is 0 Å². The monoisotopic (exact) mass is 204 g/mol. The number of nitrogens with zero attached hydrogens (tertiary/aromatic N) is 1. The second-order valence-corrected chi connectivity index (χ2v) is 3.62. The van der Waals surface area contributed by atoms with Crippen LogP contribution in [-0.2, 0) is 4.76 Å². The molecule has 0 saturated carbocycles. The Bertz CT molecular complexity index is 275. The van der Waals surface area contributed by atoms with Gasteiger partial charge in [-0.1, -0.05) is 24.6 Å². The van der Waals surface area contributed by atoms with Crippen LogP contribution in [0.25, 0.3) is 0 Å². The Balaban J connectivity index is 1.66. The van der Waals surface area contributed by atoms with Gasteiger partial charge in [0.1, 0.15) is 5.75 Å². The lowest BCUT2D eigenvalue weighted by atomic mass is 10.2. The molecule has 0 N–H and O–H groups in total. The van der Waals surface area contributed by atoms with E-state index in [1.54, 1.807) is 0 Å². The molecular formula is C11H15BNO2. The van der Waals surface area contributed by atoms with Gasteiger partial charge in [0.15, 0.2) is 0 Å². The lowest BCUT2D eigenvalue weighted by molar-refractivity contribution is -0.0801. The molecule has 0 atom stereocenters. The minimum atomic E-state index is 0.800. The molecule has 1 radical (unpaired) electrons. The molecule has 1 heterocycles. The summed E-state index contributed by atoms with van der Waals surface area (Å²) in [5, 5.41) is 1.94. The summed E-state index contributed by atoms with van der Waals surface area (Å²) in [4.78, 5) is 0. The molecule has 0 amide bonds. The molecule has 2 rings (SSSR count). The van der Waals surface area contributed by atoms with Gasteiger partial charge in [0.2, 0.25) is 0 Å². The first kappa shape index (κ1) is 10.5. The second kappa shape index (κ2) is 5.78. The van der Waals surface area contributed by atoms with Crippen molar-refractivity contribution in [2.75, 3.05) is 13.1 Å². The van der Waals surface area contributed by atoms with E-state index in [0.29, 0.717) is 0 Å². The van der Waals surface area contributed by atoms with Gasteiger partial charge in [-0.3, -0.25) is 0 Å². The molecule has 3 nitrogen and oxygen atoms in total. The highest BCUT2D eigenvalue weighted by molar-refractivity contribution is 6.19. The summed E-state index contributed by atoms with van der Waals surface area (Å²) in [6.07, 6.45) is 3.72. The summed E-state index contributed by atoms with van der Waals surface area (Å²) in [6, 6.07) is 9.62. The van der Waals surface area contributed by atoms with Gasteiger partial charge in [-0.25, -0.2) is 5.06 Å². The van der Waals surface area contributed by atoms with Crippen LogP contribution in [0.4, 0.5) is 0 Å².